The molecule has 1 atom stereocenters. The van der Waals surface area contributed by atoms with Crippen molar-refractivity contribution in [3.05, 3.63) is 48.7 Å². The lowest BCUT2D eigenvalue weighted by molar-refractivity contribution is 0.238. The molecule has 0 aliphatic carbocycles. The number of aromatic nitrogens is 1. The summed E-state index contributed by atoms with van der Waals surface area (Å²) in [4.78, 5) is 18.7. The molecular formula is C19H24N4O2. The summed E-state index contributed by atoms with van der Waals surface area (Å²) in [6, 6.07) is 13.0. The standard InChI is InChI=1S/C19H24N4O2/c1-2-23-12-6-8-16(23)14-21-19(24)22-15-7-5-9-17(13-15)25-18-10-3-4-11-20-18/h3-5,7,9-11,13,16H,2,6,8,12,14H2,1H3,(H2,21,22,24)/t16-/m1/s1. The van der Waals surface area contributed by atoms with Gasteiger partial charge in [0.25, 0.3) is 0 Å². The van der Waals surface area contributed by atoms with Crippen LogP contribution in [0.3, 0.4) is 0 Å². The van der Waals surface area contributed by atoms with Gasteiger partial charge in [0.1, 0.15) is 5.75 Å². The molecule has 1 aliphatic rings. The predicted molar refractivity (Wildman–Crippen MR) is 98.0 cm³/mol. The second-order valence-corrected chi connectivity index (χ2v) is 6.06. The summed E-state index contributed by atoms with van der Waals surface area (Å²) in [6.07, 6.45) is 4.02. The molecule has 2 heterocycles. The number of ether oxygens (including phenoxy) is 1. The minimum Gasteiger partial charge on any atom is -0.439 e. The molecule has 1 saturated heterocycles. The zero-order valence-corrected chi connectivity index (χ0v) is 14.4. The molecule has 0 bridgehead atoms. The molecule has 2 aromatic rings. The number of nitrogens with one attached hydrogen (secondary N) is 2. The molecule has 6 heteroatoms. The number of benzene rings is 1. The third-order valence-electron chi connectivity index (χ3n) is 4.36. The van der Waals surface area contributed by atoms with Crippen LogP contribution in [0.1, 0.15) is 19.8 Å². The van der Waals surface area contributed by atoms with Gasteiger partial charge in [-0.1, -0.05) is 19.1 Å². The lowest BCUT2D eigenvalue weighted by atomic mass is 10.2. The van der Waals surface area contributed by atoms with E-state index < -0.39 is 0 Å². The van der Waals surface area contributed by atoms with Gasteiger partial charge < -0.3 is 15.4 Å². The normalized spacial score (nSPS) is 17.2. The topological polar surface area (TPSA) is 66.5 Å². The summed E-state index contributed by atoms with van der Waals surface area (Å²) in [5.74, 6) is 1.15. The van der Waals surface area contributed by atoms with Gasteiger partial charge in [0.05, 0.1) is 0 Å². The highest BCUT2D eigenvalue weighted by Crippen LogP contribution is 2.22. The van der Waals surface area contributed by atoms with Crippen LogP contribution in [0.2, 0.25) is 0 Å². The fourth-order valence-electron chi connectivity index (χ4n) is 3.09. The van der Waals surface area contributed by atoms with E-state index in [0.717, 1.165) is 19.5 Å². The van der Waals surface area contributed by atoms with Gasteiger partial charge in [-0.15, -0.1) is 0 Å². The molecule has 3 rings (SSSR count). The Morgan fingerprint density at radius 1 is 1.32 bits per heavy atom. The van der Waals surface area contributed by atoms with Gasteiger partial charge in [0.2, 0.25) is 5.88 Å². The molecule has 2 N–H and O–H groups in total. The molecule has 132 valence electrons. The molecule has 0 radical (unpaired) electrons. The molecule has 1 aromatic heterocycles. The highest BCUT2D eigenvalue weighted by atomic mass is 16.5. The lowest BCUT2D eigenvalue weighted by Crippen LogP contribution is -2.41. The average Bonchev–Trinajstić information content (AvgIpc) is 3.09. The Morgan fingerprint density at radius 3 is 3.04 bits per heavy atom. The minimum absolute atomic E-state index is 0.196. The Kier molecular flexibility index (Phi) is 5.85. The van der Waals surface area contributed by atoms with Crippen molar-refractivity contribution in [2.45, 2.75) is 25.8 Å². The summed E-state index contributed by atoms with van der Waals surface area (Å²) >= 11 is 0. The van der Waals surface area contributed by atoms with Crippen molar-refractivity contribution in [1.82, 2.24) is 15.2 Å². The quantitative estimate of drug-likeness (QED) is 0.845. The second-order valence-electron chi connectivity index (χ2n) is 6.06. The molecule has 25 heavy (non-hydrogen) atoms. The van der Waals surface area contributed by atoms with E-state index in [0.29, 0.717) is 29.9 Å². The maximum atomic E-state index is 12.1. The van der Waals surface area contributed by atoms with Crippen LogP contribution in [-0.4, -0.2) is 41.6 Å². The third kappa shape index (κ3) is 4.93. The van der Waals surface area contributed by atoms with Gasteiger partial charge in [0, 0.05) is 36.6 Å². The van der Waals surface area contributed by atoms with Crippen molar-refractivity contribution in [3.63, 3.8) is 0 Å². The minimum atomic E-state index is -0.196. The monoisotopic (exact) mass is 340 g/mol. The van der Waals surface area contributed by atoms with Crippen LogP contribution in [0.5, 0.6) is 11.6 Å². The van der Waals surface area contributed by atoms with Crippen LogP contribution in [0.25, 0.3) is 0 Å². The van der Waals surface area contributed by atoms with E-state index in [1.807, 2.05) is 30.3 Å². The van der Waals surface area contributed by atoms with Gasteiger partial charge in [-0.05, 0) is 44.1 Å². The number of likely N-dealkylation sites (N-methyl/N-ethyl adjacent to an activating group) is 1. The number of rotatable bonds is 6. The number of anilines is 1. The number of carbonyl (C=O) groups is 1. The van der Waals surface area contributed by atoms with Crippen LogP contribution < -0.4 is 15.4 Å². The zero-order chi connectivity index (χ0) is 17.5. The maximum Gasteiger partial charge on any atom is 0.319 e. The predicted octanol–water partition coefficient (Wildman–Crippen LogP) is 3.48. The summed E-state index contributed by atoms with van der Waals surface area (Å²) in [5.41, 5.74) is 0.685. The Bertz CT molecular complexity index is 693. The fourth-order valence-corrected chi connectivity index (χ4v) is 3.09. The molecule has 0 saturated carbocycles. The summed E-state index contributed by atoms with van der Waals surface area (Å²) in [5, 5.41) is 5.82. The Balaban J connectivity index is 1.52. The van der Waals surface area contributed by atoms with Crippen LogP contribution in [0, 0.1) is 0 Å². The molecule has 2 amide bonds. The van der Waals surface area contributed by atoms with E-state index in [4.69, 9.17) is 4.74 Å². The third-order valence-corrected chi connectivity index (χ3v) is 4.36. The molecule has 6 nitrogen and oxygen atoms in total. The van der Waals surface area contributed by atoms with E-state index in [2.05, 4.69) is 27.4 Å². The van der Waals surface area contributed by atoms with Gasteiger partial charge in [-0.3, -0.25) is 4.90 Å². The van der Waals surface area contributed by atoms with Crippen LogP contribution in [-0.2, 0) is 0 Å². The number of hydrogen-bond donors (Lipinski definition) is 2. The highest BCUT2D eigenvalue weighted by Gasteiger charge is 2.23. The van der Waals surface area contributed by atoms with Gasteiger partial charge in [0.15, 0.2) is 0 Å². The number of hydrogen-bond acceptors (Lipinski definition) is 4. The molecule has 1 fully saturated rings. The zero-order valence-electron chi connectivity index (χ0n) is 14.4. The molecule has 1 aromatic carbocycles. The van der Waals surface area contributed by atoms with Gasteiger partial charge in [-0.2, -0.15) is 0 Å². The van der Waals surface area contributed by atoms with Crippen molar-refractivity contribution >= 4 is 11.7 Å². The SMILES string of the molecule is CCN1CCC[C@@H]1CNC(=O)Nc1cccc(Oc2ccccn2)c1. The van der Waals surface area contributed by atoms with Crippen LogP contribution in [0.15, 0.2) is 48.7 Å². The van der Waals surface area contributed by atoms with Crippen molar-refractivity contribution < 1.29 is 9.53 Å². The number of amides is 2. The smallest absolute Gasteiger partial charge is 0.319 e. The molecule has 1 aliphatic heterocycles. The summed E-state index contributed by atoms with van der Waals surface area (Å²) in [6.45, 7) is 4.98. The number of likely N-dealkylation sites (tertiary alicyclic amines) is 1. The first-order valence-corrected chi connectivity index (χ1v) is 8.72. The highest BCUT2D eigenvalue weighted by molar-refractivity contribution is 5.89. The van der Waals surface area contributed by atoms with E-state index in [-0.39, 0.29) is 6.03 Å². The van der Waals surface area contributed by atoms with E-state index in [1.165, 1.54) is 6.42 Å². The summed E-state index contributed by atoms with van der Waals surface area (Å²) in [7, 11) is 0. The van der Waals surface area contributed by atoms with Crippen molar-refractivity contribution in [3.8, 4) is 11.6 Å². The first-order chi connectivity index (χ1) is 12.2. The fraction of sp³-hybridized carbons (Fsp3) is 0.368. The molecule has 0 spiro atoms. The summed E-state index contributed by atoms with van der Waals surface area (Å²) < 4.78 is 5.68. The molecular weight excluding hydrogens is 316 g/mol. The first kappa shape index (κ1) is 17.2. The first-order valence-electron chi connectivity index (χ1n) is 8.72. The maximum absolute atomic E-state index is 12.1. The van der Waals surface area contributed by atoms with E-state index in [9.17, 15) is 4.79 Å². The Morgan fingerprint density at radius 2 is 2.24 bits per heavy atom. The van der Waals surface area contributed by atoms with Crippen molar-refractivity contribution in [1.29, 1.82) is 0 Å². The van der Waals surface area contributed by atoms with Crippen molar-refractivity contribution in [2.75, 3.05) is 25.0 Å². The number of urea groups is 1. The lowest BCUT2D eigenvalue weighted by Gasteiger charge is -2.22. The number of carbonyl (C=O) groups excluding carboxylic acids is 1. The number of nitrogens with zero attached hydrogens (tertiary/aromatic N) is 2. The van der Waals surface area contributed by atoms with Gasteiger partial charge >= 0.3 is 6.03 Å². The molecule has 0 unspecified atom stereocenters. The van der Waals surface area contributed by atoms with E-state index in [1.54, 1.807) is 18.3 Å². The Labute approximate surface area is 148 Å². The van der Waals surface area contributed by atoms with Crippen molar-refractivity contribution in [2.24, 2.45) is 0 Å². The van der Waals surface area contributed by atoms with Crippen LogP contribution in [0.4, 0.5) is 10.5 Å². The van der Waals surface area contributed by atoms with E-state index >= 15 is 0 Å². The number of pyridine rings is 1. The van der Waals surface area contributed by atoms with Gasteiger partial charge in [-0.25, -0.2) is 9.78 Å². The second kappa shape index (κ2) is 8.48. The average molecular weight is 340 g/mol. The van der Waals surface area contributed by atoms with Crippen LogP contribution >= 0.6 is 0 Å². The Hall–Kier alpha value is -2.60. The largest absolute Gasteiger partial charge is 0.439 e.